The standard InChI is InChI=1S/C19H17N7OS/c20-15(27)12-4-1-7-26-14(12)10-23-19(26)18-24-16-13(5-6-21-16)17(25-18)22-9-11-3-2-8-28-11/h1-4,7-8,10H,5-6,9H2,(H2,20,27)(H2,21,22,24,25). The average Bonchev–Trinajstić information content (AvgIpc) is 3.45. The Morgan fingerprint density at radius 3 is 3.07 bits per heavy atom. The first-order valence-corrected chi connectivity index (χ1v) is 9.76. The number of carbonyl (C=O) groups is 1. The molecular weight excluding hydrogens is 374 g/mol. The Morgan fingerprint density at radius 1 is 1.32 bits per heavy atom. The van der Waals surface area contributed by atoms with Crippen LogP contribution >= 0.6 is 11.3 Å². The lowest BCUT2D eigenvalue weighted by atomic mass is 10.2. The third-order valence-electron chi connectivity index (χ3n) is 4.72. The SMILES string of the molecule is NC(=O)c1cccn2c(-c3nc4c(c(NCc5cccs5)n3)CCN4)ncc12. The number of hydrogen-bond donors (Lipinski definition) is 3. The summed E-state index contributed by atoms with van der Waals surface area (Å²) in [6.07, 6.45) is 4.32. The Hall–Kier alpha value is -3.46. The van der Waals surface area contributed by atoms with Gasteiger partial charge in [-0.3, -0.25) is 9.20 Å². The molecule has 0 fully saturated rings. The van der Waals surface area contributed by atoms with Crippen LogP contribution in [0.3, 0.4) is 0 Å². The minimum Gasteiger partial charge on any atom is -0.369 e. The summed E-state index contributed by atoms with van der Waals surface area (Å²) in [6, 6.07) is 7.57. The lowest BCUT2D eigenvalue weighted by molar-refractivity contribution is 0.100. The Labute approximate surface area is 164 Å². The van der Waals surface area contributed by atoms with E-state index in [2.05, 4.69) is 32.0 Å². The molecule has 140 valence electrons. The molecule has 0 aromatic carbocycles. The van der Waals surface area contributed by atoms with Crippen molar-refractivity contribution in [2.45, 2.75) is 13.0 Å². The van der Waals surface area contributed by atoms with Gasteiger partial charge in [0.1, 0.15) is 11.6 Å². The number of carbonyl (C=O) groups excluding carboxylic acids is 1. The molecule has 4 aromatic rings. The van der Waals surface area contributed by atoms with E-state index in [-0.39, 0.29) is 0 Å². The summed E-state index contributed by atoms with van der Waals surface area (Å²) >= 11 is 1.70. The van der Waals surface area contributed by atoms with E-state index in [0.29, 0.717) is 29.3 Å². The number of rotatable bonds is 5. The van der Waals surface area contributed by atoms with Crippen molar-refractivity contribution in [1.82, 2.24) is 19.4 Å². The van der Waals surface area contributed by atoms with Crippen LogP contribution in [0.15, 0.2) is 42.0 Å². The van der Waals surface area contributed by atoms with Gasteiger partial charge in [-0.1, -0.05) is 6.07 Å². The monoisotopic (exact) mass is 391 g/mol. The van der Waals surface area contributed by atoms with Gasteiger partial charge in [-0.2, -0.15) is 0 Å². The average molecular weight is 391 g/mol. The van der Waals surface area contributed by atoms with Crippen molar-refractivity contribution >= 4 is 34.4 Å². The summed E-state index contributed by atoms with van der Waals surface area (Å²) in [6.45, 7) is 1.53. The highest BCUT2D eigenvalue weighted by atomic mass is 32.1. The number of anilines is 2. The number of pyridine rings is 1. The highest BCUT2D eigenvalue weighted by Crippen LogP contribution is 2.30. The van der Waals surface area contributed by atoms with Crippen LogP contribution in [0.25, 0.3) is 17.2 Å². The van der Waals surface area contributed by atoms with Crippen molar-refractivity contribution in [3.8, 4) is 11.6 Å². The van der Waals surface area contributed by atoms with Crippen molar-refractivity contribution in [3.63, 3.8) is 0 Å². The molecule has 4 N–H and O–H groups in total. The summed E-state index contributed by atoms with van der Waals surface area (Å²) in [5.74, 6) is 2.19. The second-order valence-electron chi connectivity index (χ2n) is 6.46. The minimum absolute atomic E-state index is 0.413. The smallest absolute Gasteiger partial charge is 0.250 e. The first-order valence-electron chi connectivity index (χ1n) is 8.88. The third kappa shape index (κ3) is 2.76. The maximum Gasteiger partial charge on any atom is 0.250 e. The van der Waals surface area contributed by atoms with E-state index in [1.807, 2.05) is 12.3 Å². The van der Waals surface area contributed by atoms with E-state index in [4.69, 9.17) is 10.7 Å². The number of thiophene rings is 1. The predicted molar refractivity (Wildman–Crippen MR) is 109 cm³/mol. The molecule has 9 heteroatoms. The molecular formula is C19H17N7OS. The number of hydrogen-bond acceptors (Lipinski definition) is 7. The second kappa shape index (κ2) is 6.61. The Bertz CT molecular complexity index is 1180. The van der Waals surface area contributed by atoms with Gasteiger partial charge in [-0.05, 0) is 30.0 Å². The molecule has 0 saturated heterocycles. The van der Waals surface area contributed by atoms with Crippen LogP contribution in [0.5, 0.6) is 0 Å². The van der Waals surface area contributed by atoms with Crippen LogP contribution in [0.4, 0.5) is 11.6 Å². The zero-order valence-corrected chi connectivity index (χ0v) is 15.7. The van der Waals surface area contributed by atoms with Gasteiger partial charge in [0.15, 0.2) is 11.6 Å². The number of nitrogens with zero attached hydrogens (tertiary/aromatic N) is 4. The zero-order chi connectivity index (χ0) is 19.1. The molecule has 1 aliphatic heterocycles. The van der Waals surface area contributed by atoms with E-state index in [0.717, 1.165) is 30.2 Å². The van der Waals surface area contributed by atoms with Gasteiger partial charge in [-0.25, -0.2) is 15.0 Å². The molecule has 0 radical (unpaired) electrons. The van der Waals surface area contributed by atoms with Crippen molar-refractivity contribution in [2.75, 3.05) is 17.2 Å². The fraction of sp³-hybridized carbons (Fsp3) is 0.158. The van der Waals surface area contributed by atoms with Gasteiger partial charge in [0.05, 0.1) is 23.8 Å². The topological polar surface area (TPSA) is 110 Å². The highest BCUT2D eigenvalue weighted by Gasteiger charge is 2.22. The zero-order valence-electron chi connectivity index (χ0n) is 14.8. The second-order valence-corrected chi connectivity index (χ2v) is 7.49. The van der Waals surface area contributed by atoms with E-state index >= 15 is 0 Å². The summed E-state index contributed by atoms with van der Waals surface area (Å²) < 4.78 is 1.79. The van der Waals surface area contributed by atoms with Crippen molar-refractivity contribution in [2.24, 2.45) is 5.73 Å². The van der Waals surface area contributed by atoms with Gasteiger partial charge in [-0.15, -0.1) is 11.3 Å². The van der Waals surface area contributed by atoms with Crippen LogP contribution < -0.4 is 16.4 Å². The van der Waals surface area contributed by atoms with Crippen molar-refractivity contribution < 1.29 is 4.79 Å². The molecule has 8 nitrogen and oxygen atoms in total. The van der Waals surface area contributed by atoms with Gasteiger partial charge >= 0.3 is 0 Å². The number of aromatic nitrogens is 4. The number of nitrogens with two attached hydrogens (primary N) is 1. The van der Waals surface area contributed by atoms with E-state index in [9.17, 15) is 4.79 Å². The first-order chi connectivity index (χ1) is 13.7. The van der Waals surface area contributed by atoms with Gasteiger partial charge in [0.2, 0.25) is 0 Å². The normalized spacial score (nSPS) is 12.7. The number of nitrogens with one attached hydrogen (secondary N) is 2. The van der Waals surface area contributed by atoms with E-state index < -0.39 is 5.91 Å². The fourth-order valence-corrected chi connectivity index (χ4v) is 4.04. The molecule has 5 rings (SSSR count). The van der Waals surface area contributed by atoms with Gasteiger partial charge in [0, 0.05) is 23.2 Å². The molecule has 1 amide bonds. The Kier molecular flexibility index (Phi) is 3.94. The van der Waals surface area contributed by atoms with Crippen molar-refractivity contribution in [1.29, 1.82) is 0 Å². The predicted octanol–water partition coefficient (Wildman–Crippen LogP) is 2.53. The molecule has 28 heavy (non-hydrogen) atoms. The maximum atomic E-state index is 11.7. The lowest BCUT2D eigenvalue weighted by Gasteiger charge is -2.11. The largest absolute Gasteiger partial charge is 0.369 e. The summed E-state index contributed by atoms with van der Waals surface area (Å²) in [5, 5.41) is 8.81. The van der Waals surface area contributed by atoms with Crippen molar-refractivity contribution in [3.05, 3.63) is 58.0 Å². The van der Waals surface area contributed by atoms with Crippen LogP contribution in [0, 0.1) is 0 Å². The van der Waals surface area contributed by atoms with E-state index in [1.165, 1.54) is 4.88 Å². The summed E-state index contributed by atoms with van der Waals surface area (Å²) in [7, 11) is 0. The molecule has 0 aliphatic carbocycles. The van der Waals surface area contributed by atoms with Crippen LogP contribution in [-0.2, 0) is 13.0 Å². The van der Waals surface area contributed by atoms with Crippen LogP contribution in [0.1, 0.15) is 20.8 Å². The van der Waals surface area contributed by atoms with Gasteiger partial charge < -0.3 is 16.4 Å². The maximum absolute atomic E-state index is 11.7. The Morgan fingerprint density at radius 2 is 2.25 bits per heavy atom. The summed E-state index contributed by atoms with van der Waals surface area (Å²) in [5.41, 5.74) is 7.61. The molecule has 0 atom stereocenters. The number of imidazole rings is 1. The fourth-order valence-electron chi connectivity index (χ4n) is 3.40. The number of primary amides is 1. The molecule has 0 bridgehead atoms. The molecule has 4 aromatic heterocycles. The summed E-state index contributed by atoms with van der Waals surface area (Å²) in [4.78, 5) is 26.8. The third-order valence-corrected chi connectivity index (χ3v) is 5.60. The molecule has 1 aliphatic rings. The molecule has 5 heterocycles. The first kappa shape index (κ1) is 16.7. The van der Waals surface area contributed by atoms with Crippen LogP contribution in [-0.4, -0.2) is 31.8 Å². The van der Waals surface area contributed by atoms with E-state index in [1.54, 1.807) is 34.1 Å². The lowest BCUT2D eigenvalue weighted by Crippen LogP contribution is -2.12. The Balaban J connectivity index is 1.59. The molecule has 0 unspecified atom stereocenters. The van der Waals surface area contributed by atoms with Crippen LogP contribution in [0.2, 0.25) is 0 Å². The minimum atomic E-state index is -0.494. The number of fused-ring (bicyclic) bond motifs is 2. The van der Waals surface area contributed by atoms with Gasteiger partial charge in [0.25, 0.3) is 5.91 Å². The highest BCUT2D eigenvalue weighted by molar-refractivity contribution is 7.09. The quantitative estimate of drug-likeness (QED) is 0.482. The number of amides is 1. The molecule has 0 saturated carbocycles. The molecule has 0 spiro atoms.